The van der Waals surface area contributed by atoms with E-state index in [-0.39, 0.29) is 5.17 Å². The summed E-state index contributed by atoms with van der Waals surface area (Å²) in [6, 6.07) is 0. The summed E-state index contributed by atoms with van der Waals surface area (Å²) in [5.74, 6) is -0.478. The molecule has 0 N–H and O–H groups in total. The van der Waals surface area contributed by atoms with E-state index in [0.29, 0.717) is 0 Å². The third kappa shape index (κ3) is 2.07. The van der Waals surface area contributed by atoms with Crippen molar-refractivity contribution in [2.24, 2.45) is 4.99 Å². The SMILES string of the molecule is CC=C(F)C(Cl)=NC. The van der Waals surface area contributed by atoms with Crippen LogP contribution in [0.5, 0.6) is 0 Å². The Morgan fingerprint density at radius 3 is 2.38 bits per heavy atom. The summed E-state index contributed by atoms with van der Waals surface area (Å²) in [6.45, 7) is 1.56. The Balaban J connectivity index is 4.04. The monoisotopic (exact) mass is 135 g/mol. The molecule has 0 aliphatic heterocycles. The first-order valence-electron chi connectivity index (χ1n) is 2.16. The molecule has 0 aromatic heterocycles. The van der Waals surface area contributed by atoms with Crippen molar-refractivity contribution in [2.75, 3.05) is 7.05 Å². The van der Waals surface area contributed by atoms with Gasteiger partial charge in [0, 0.05) is 7.05 Å². The summed E-state index contributed by atoms with van der Waals surface area (Å²) in [5.41, 5.74) is 0. The highest BCUT2D eigenvalue weighted by atomic mass is 35.5. The van der Waals surface area contributed by atoms with E-state index in [1.54, 1.807) is 6.92 Å². The van der Waals surface area contributed by atoms with Crippen molar-refractivity contribution in [3.05, 3.63) is 11.9 Å². The van der Waals surface area contributed by atoms with Crippen molar-refractivity contribution >= 4 is 16.8 Å². The van der Waals surface area contributed by atoms with Crippen LogP contribution in [0.1, 0.15) is 6.92 Å². The Morgan fingerprint density at radius 1 is 1.75 bits per heavy atom. The Kier molecular flexibility index (Phi) is 3.44. The Morgan fingerprint density at radius 2 is 2.25 bits per heavy atom. The van der Waals surface area contributed by atoms with Gasteiger partial charge in [0.15, 0.2) is 11.0 Å². The molecule has 0 aromatic carbocycles. The highest BCUT2D eigenvalue weighted by Crippen LogP contribution is 2.02. The van der Waals surface area contributed by atoms with Crippen molar-refractivity contribution < 1.29 is 4.39 Å². The van der Waals surface area contributed by atoms with E-state index in [1.807, 2.05) is 0 Å². The smallest absolute Gasteiger partial charge is 0.159 e. The maximum Gasteiger partial charge on any atom is 0.159 e. The minimum absolute atomic E-state index is 0.0764. The molecule has 0 saturated carbocycles. The molecule has 1 nitrogen and oxygen atoms in total. The van der Waals surface area contributed by atoms with E-state index in [1.165, 1.54) is 13.1 Å². The normalized spacial score (nSPS) is 14.5. The lowest BCUT2D eigenvalue weighted by molar-refractivity contribution is 0.682. The standard InChI is InChI=1S/C5H7ClFN/c1-3-4(7)5(6)8-2/h3H,1-2H3. The second-order valence-electron chi connectivity index (χ2n) is 1.15. The van der Waals surface area contributed by atoms with Gasteiger partial charge in [-0.2, -0.15) is 0 Å². The van der Waals surface area contributed by atoms with Crippen LogP contribution in [0.3, 0.4) is 0 Å². The molecule has 0 saturated heterocycles. The van der Waals surface area contributed by atoms with Crippen molar-refractivity contribution in [3.63, 3.8) is 0 Å². The molecular formula is C5H7ClFN. The van der Waals surface area contributed by atoms with Gasteiger partial charge in [0.2, 0.25) is 0 Å². The number of hydrogen-bond donors (Lipinski definition) is 0. The number of nitrogens with zero attached hydrogens (tertiary/aromatic N) is 1. The fourth-order valence-corrected chi connectivity index (χ4v) is 0.335. The molecule has 0 fully saturated rings. The molecule has 0 rings (SSSR count). The maximum atomic E-state index is 12.1. The first kappa shape index (κ1) is 7.63. The Bertz CT molecular complexity index is 112. The minimum Gasteiger partial charge on any atom is -0.274 e. The van der Waals surface area contributed by atoms with Crippen LogP contribution in [0, 0.1) is 0 Å². The molecule has 0 atom stereocenters. The van der Waals surface area contributed by atoms with Crippen molar-refractivity contribution in [3.8, 4) is 0 Å². The van der Waals surface area contributed by atoms with Crippen molar-refractivity contribution in [1.29, 1.82) is 0 Å². The number of hydrogen-bond acceptors (Lipinski definition) is 1. The lowest BCUT2D eigenvalue weighted by Crippen LogP contribution is -1.84. The molecule has 0 amide bonds. The van der Waals surface area contributed by atoms with Crippen LogP contribution in [-0.4, -0.2) is 12.2 Å². The zero-order valence-electron chi connectivity index (χ0n) is 4.78. The summed E-state index contributed by atoms with van der Waals surface area (Å²) >= 11 is 5.22. The summed E-state index contributed by atoms with van der Waals surface area (Å²) in [5, 5.41) is -0.0764. The maximum absolute atomic E-state index is 12.1. The van der Waals surface area contributed by atoms with Crippen LogP contribution in [0.15, 0.2) is 16.9 Å². The molecule has 0 aliphatic carbocycles. The Hall–Kier alpha value is -0.370. The third-order valence-corrected chi connectivity index (χ3v) is 0.996. The average Bonchev–Trinajstić information content (AvgIpc) is 1.84. The van der Waals surface area contributed by atoms with Crippen LogP contribution < -0.4 is 0 Å². The predicted molar refractivity (Wildman–Crippen MR) is 34.1 cm³/mol. The topological polar surface area (TPSA) is 12.4 Å². The van der Waals surface area contributed by atoms with Gasteiger partial charge in [-0.15, -0.1) is 0 Å². The number of allylic oxidation sites excluding steroid dienone is 2. The summed E-state index contributed by atoms with van der Waals surface area (Å²) in [6.07, 6.45) is 1.26. The van der Waals surface area contributed by atoms with Gasteiger partial charge in [-0.3, -0.25) is 4.99 Å². The molecule has 3 heteroatoms. The molecule has 46 valence electrons. The average molecular weight is 136 g/mol. The highest BCUT2D eigenvalue weighted by Gasteiger charge is 1.95. The summed E-state index contributed by atoms with van der Waals surface area (Å²) in [7, 11) is 1.44. The van der Waals surface area contributed by atoms with E-state index in [9.17, 15) is 4.39 Å². The first-order chi connectivity index (χ1) is 3.72. The van der Waals surface area contributed by atoms with Crippen LogP contribution in [0.2, 0.25) is 0 Å². The van der Waals surface area contributed by atoms with Gasteiger partial charge in [0.1, 0.15) is 0 Å². The van der Waals surface area contributed by atoms with Gasteiger partial charge in [-0.25, -0.2) is 4.39 Å². The summed E-state index contributed by atoms with van der Waals surface area (Å²) < 4.78 is 12.1. The zero-order chi connectivity index (χ0) is 6.57. The molecule has 0 aliphatic rings. The molecular weight excluding hydrogens is 129 g/mol. The van der Waals surface area contributed by atoms with Crippen molar-refractivity contribution in [2.45, 2.75) is 6.92 Å². The van der Waals surface area contributed by atoms with Gasteiger partial charge < -0.3 is 0 Å². The third-order valence-electron chi connectivity index (χ3n) is 0.647. The fourth-order valence-electron chi connectivity index (χ4n) is 0.226. The zero-order valence-corrected chi connectivity index (χ0v) is 5.54. The number of aliphatic imine (C=N–C) groups is 1. The van der Waals surface area contributed by atoms with E-state index >= 15 is 0 Å². The van der Waals surface area contributed by atoms with E-state index in [4.69, 9.17) is 11.6 Å². The molecule has 0 unspecified atom stereocenters. The largest absolute Gasteiger partial charge is 0.274 e. The molecule has 0 spiro atoms. The van der Waals surface area contributed by atoms with Crippen LogP contribution >= 0.6 is 11.6 Å². The lowest BCUT2D eigenvalue weighted by atomic mass is 10.5. The van der Waals surface area contributed by atoms with Crippen LogP contribution in [0.4, 0.5) is 4.39 Å². The molecule has 0 heterocycles. The lowest BCUT2D eigenvalue weighted by Gasteiger charge is -1.86. The van der Waals surface area contributed by atoms with Crippen LogP contribution in [-0.2, 0) is 0 Å². The minimum atomic E-state index is -0.478. The molecule has 8 heavy (non-hydrogen) atoms. The van der Waals surface area contributed by atoms with E-state index < -0.39 is 5.83 Å². The van der Waals surface area contributed by atoms with E-state index in [2.05, 4.69) is 4.99 Å². The molecule has 0 radical (unpaired) electrons. The second kappa shape index (κ2) is 3.61. The quantitative estimate of drug-likeness (QED) is 0.489. The fraction of sp³-hybridized carbons (Fsp3) is 0.400. The summed E-state index contributed by atoms with van der Waals surface area (Å²) in [4.78, 5) is 3.40. The number of halogens is 2. The van der Waals surface area contributed by atoms with Gasteiger partial charge in [-0.05, 0) is 13.0 Å². The molecule has 0 bridgehead atoms. The van der Waals surface area contributed by atoms with Gasteiger partial charge >= 0.3 is 0 Å². The number of rotatable bonds is 1. The second-order valence-corrected chi connectivity index (χ2v) is 1.51. The highest BCUT2D eigenvalue weighted by molar-refractivity contribution is 6.69. The van der Waals surface area contributed by atoms with E-state index in [0.717, 1.165) is 0 Å². The Labute approximate surface area is 52.9 Å². The predicted octanol–water partition coefficient (Wildman–Crippen LogP) is 2.13. The van der Waals surface area contributed by atoms with Gasteiger partial charge in [0.25, 0.3) is 0 Å². The van der Waals surface area contributed by atoms with Gasteiger partial charge in [0.05, 0.1) is 0 Å². The van der Waals surface area contributed by atoms with Crippen molar-refractivity contribution in [1.82, 2.24) is 0 Å². The van der Waals surface area contributed by atoms with Gasteiger partial charge in [-0.1, -0.05) is 11.6 Å². The van der Waals surface area contributed by atoms with Crippen LogP contribution in [0.25, 0.3) is 0 Å². The first-order valence-corrected chi connectivity index (χ1v) is 2.54. The molecule has 0 aromatic rings.